The maximum absolute atomic E-state index is 6.58. The summed E-state index contributed by atoms with van der Waals surface area (Å²) in [6.07, 6.45) is 5.09. The van der Waals surface area contributed by atoms with E-state index in [0.29, 0.717) is 0 Å². The van der Waals surface area contributed by atoms with Gasteiger partial charge in [-0.2, -0.15) is 0 Å². The van der Waals surface area contributed by atoms with Crippen molar-refractivity contribution in [2.45, 2.75) is 6.42 Å². The molecule has 210 valence electrons. The smallest absolute Gasteiger partial charge is 0.361 e. The van der Waals surface area contributed by atoms with Crippen LogP contribution in [-0.4, -0.2) is 0 Å². The molecule has 44 heavy (non-hydrogen) atoms. The molecule has 0 radical (unpaired) electrons. The van der Waals surface area contributed by atoms with Gasteiger partial charge in [-0.05, 0) is 65.1 Å². The molecule has 2 nitrogen and oxygen atoms in total. The zero-order valence-electron chi connectivity index (χ0n) is 24.3. The Morgan fingerprint density at radius 2 is 0.841 bits per heavy atom. The molecule has 0 aliphatic carbocycles. The summed E-state index contributed by atoms with van der Waals surface area (Å²) in [6, 6.07) is 56.2. The van der Waals surface area contributed by atoms with Crippen LogP contribution in [0.4, 0.5) is 0 Å². The fourth-order valence-corrected chi connectivity index (χ4v) is 5.50. The second kappa shape index (κ2) is 12.6. The van der Waals surface area contributed by atoms with Gasteiger partial charge in [-0.15, -0.1) is 0 Å². The highest BCUT2D eigenvalue weighted by atomic mass is 16.5. The molecule has 0 N–H and O–H groups in total. The Morgan fingerprint density at radius 1 is 0.455 bits per heavy atom. The lowest BCUT2D eigenvalue weighted by Crippen LogP contribution is -2.03. The highest BCUT2D eigenvalue weighted by molar-refractivity contribution is 5.86. The van der Waals surface area contributed by atoms with Crippen LogP contribution in [0.3, 0.4) is 0 Å². The van der Waals surface area contributed by atoms with Crippen LogP contribution in [0.25, 0.3) is 39.7 Å². The summed E-state index contributed by atoms with van der Waals surface area (Å²) in [5.74, 6) is 3.28. The van der Waals surface area contributed by atoms with Gasteiger partial charge in [-0.3, -0.25) is 0 Å². The molecule has 0 amide bonds. The van der Waals surface area contributed by atoms with Crippen LogP contribution < -0.4 is 0 Å². The highest BCUT2D eigenvalue weighted by Crippen LogP contribution is 2.38. The van der Waals surface area contributed by atoms with Crippen LogP contribution in [0.5, 0.6) is 0 Å². The van der Waals surface area contributed by atoms with Crippen LogP contribution in [0.1, 0.15) is 22.3 Å². The predicted octanol–water partition coefficient (Wildman–Crippen LogP) is 11.0. The fourth-order valence-electron chi connectivity index (χ4n) is 5.50. The molecular formula is C42H31O2+. The van der Waals surface area contributed by atoms with E-state index in [0.717, 1.165) is 62.9 Å². The van der Waals surface area contributed by atoms with Crippen LogP contribution in [0.2, 0.25) is 0 Å². The van der Waals surface area contributed by atoms with Crippen molar-refractivity contribution in [1.82, 2.24) is 0 Å². The predicted molar refractivity (Wildman–Crippen MR) is 181 cm³/mol. The second-order valence-corrected chi connectivity index (χ2v) is 10.8. The second-order valence-electron chi connectivity index (χ2n) is 10.8. The van der Waals surface area contributed by atoms with Gasteiger partial charge in [0.25, 0.3) is 0 Å². The fraction of sp³-hybridized carbons (Fsp3) is 0.0238. The van der Waals surface area contributed by atoms with E-state index in [1.807, 2.05) is 72.8 Å². The third-order valence-corrected chi connectivity index (χ3v) is 7.74. The molecule has 0 saturated carbocycles. The number of hydrogen-bond donors (Lipinski definition) is 0. The molecule has 2 heterocycles. The third-order valence-electron chi connectivity index (χ3n) is 7.74. The number of ether oxygens (including phenoxy) is 1. The van der Waals surface area contributed by atoms with E-state index >= 15 is 0 Å². The van der Waals surface area contributed by atoms with Gasteiger partial charge >= 0.3 is 11.5 Å². The number of rotatable bonds is 7. The molecule has 7 rings (SSSR count). The minimum absolute atomic E-state index is 0.736. The summed E-state index contributed by atoms with van der Waals surface area (Å²) in [5.41, 5.74) is 8.74. The molecule has 1 aromatic heterocycles. The van der Waals surface area contributed by atoms with Gasteiger partial charge in [0, 0.05) is 11.1 Å². The van der Waals surface area contributed by atoms with Gasteiger partial charge < -0.3 is 4.74 Å². The van der Waals surface area contributed by atoms with Crippen LogP contribution >= 0.6 is 0 Å². The van der Waals surface area contributed by atoms with E-state index in [2.05, 4.69) is 103 Å². The maximum Gasteiger partial charge on any atom is 0.361 e. The van der Waals surface area contributed by atoms with Crippen molar-refractivity contribution < 1.29 is 9.15 Å². The van der Waals surface area contributed by atoms with Crippen molar-refractivity contribution in [3.63, 3.8) is 0 Å². The van der Waals surface area contributed by atoms with E-state index in [9.17, 15) is 0 Å². The quantitative estimate of drug-likeness (QED) is 0.179. The number of allylic oxidation sites excluding steroid dienone is 4. The first-order chi connectivity index (χ1) is 21.8. The van der Waals surface area contributed by atoms with Crippen molar-refractivity contribution in [3.05, 3.63) is 204 Å². The zero-order valence-corrected chi connectivity index (χ0v) is 24.3. The van der Waals surface area contributed by atoms with Crippen molar-refractivity contribution in [1.29, 1.82) is 0 Å². The van der Waals surface area contributed by atoms with E-state index in [1.54, 1.807) is 0 Å². The van der Waals surface area contributed by atoms with E-state index in [4.69, 9.17) is 9.15 Å². The summed E-state index contributed by atoms with van der Waals surface area (Å²) in [6.45, 7) is 0. The molecule has 6 aromatic rings. The van der Waals surface area contributed by atoms with E-state index < -0.39 is 0 Å². The zero-order chi connectivity index (χ0) is 29.6. The number of benzene rings is 5. The molecular weight excluding hydrogens is 536 g/mol. The normalized spacial score (nSPS) is 12.6. The summed E-state index contributed by atoms with van der Waals surface area (Å²) in [4.78, 5) is 0. The largest absolute Gasteiger partial charge is 0.456 e. The molecule has 2 heteroatoms. The lowest BCUT2D eigenvalue weighted by Gasteiger charge is -2.21. The van der Waals surface area contributed by atoms with Gasteiger partial charge in [0.1, 0.15) is 11.5 Å². The van der Waals surface area contributed by atoms with Crippen LogP contribution in [0.15, 0.2) is 186 Å². The molecule has 0 atom stereocenters. The summed E-state index contributed by atoms with van der Waals surface area (Å²) >= 11 is 0. The van der Waals surface area contributed by atoms with Gasteiger partial charge in [-0.25, -0.2) is 4.42 Å². The Hall–Kier alpha value is -5.73. The topological polar surface area (TPSA) is 20.5 Å². The minimum atomic E-state index is 0.736. The molecule has 0 unspecified atom stereocenters. The van der Waals surface area contributed by atoms with Crippen molar-refractivity contribution in [2.24, 2.45) is 0 Å². The Kier molecular flexibility index (Phi) is 7.79. The van der Waals surface area contributed by atoms with E-state index in [-0.39, 0.29) is 0 Å². The first-order valence-corrected chi connectivity index (χ1v) is 14.9. The van der Waals surface area contributed by atoms with Crippen LogP contribution in [-0.2, 0) is 11.2 Å². The molecule has 0 fully saturated rings. The third kappa shape index (κ3) is 6.06. The first-order valence-electron chi connectivity index (χ1n) is 14.9. The average Bonchev–Trinajstić information content (AvgIpc) is 3.12. The molecule has 0 saturated heterocycles. The molecule has 0 bridgehead atoms. The molecule has 1 aliphatic heterocycles. The van der Waals surface area contributed by atoms with Gasteiger partial charge in [-0.1, -0.05) is 127 Å². The summed E-state index contributed by atoms with van der Waals surface area (Å²) in [7, 11) is 0. The van der Waals surface area contributed by atoms with Crippen LogP contribution in [0, 0.1) is 0 Å². The molecule has 1 aliphatic rings. The molecule has 0 spiro atoms. The van der Waals surface area contributed by atoms with Crippen molar-refractivity contribution in [3.8, 4) is 22.6 Å². The first kappa shape index (κ1) is 27.1. The Labute approximate surface area is 258 Å². The summed E-state index contributed by atoms with van der Waals surface area (Å²) < 4.78 is 13.2. The van der Waals surface area contributed by atoms with Crippen molar-refractivity contribution in [2.75, 3.05) is 0 Å². The minimum Gasteiger partial charge on any atom is -0.456 e. The van der Waals surface area contributed by atoms with Gasteiger partial charge in [0.15, 0.2) is 0 Å². The number of hydrogen-bond acceptors (Lipinski definition) is 1. The van der Waals surface area contributed by atoms with Gasteiger partial charge in [0.05, 0.1) is 23.3 Å². The Bertz CT molecular complexity index is 1840. The standard InChI is InChI=1S/C42H31O2/c1-6-16-31(17-7-1)26-38(36-27-39(32-18-8-2-9-19-32)43-40(28-36)33-20-10-3-11-21-33)37-29-41(34-22-12-4-13-23-34)44-42(30-37)35-24-14-5-15-25-35/h1-25,27-30H,26H2/q+1. The lowest BCUT2D eigenvalue weighted by molar-refractivity contribution is 0.467. The lowest BCUT2D eigenvalue weighted by atomic mass is 9.90. The van der Waals surface area contributed by atoms with E-state index in [1.165, 1.54) is 11.1 Å². The maximum atomic E-state index is 6.58. The highest BCUT2D eigenvalue weighted by Gasteiger charge is 2.24. The monoisotopic (exact) mass is 567 g/mol. The van der Waals surface area contributed by atoms with Gasteiger partial charge in [0.2, 0.25) is 0 Å². The average molecular weight is 568 g/mol. The SMILES string of the molecule is C1=C(c2ccccc2)OC(c2ccccc2)=CC1=C(Cc1ccccc1)c1cc(-c2ccccc2)[o+]c(-c2ccccc2)c1. The Balaban J connectivity index is 1.49. The summed E-state index contributed by atoms with van der Waals surface area (Å²) in [5, 5.41) is 0. The van der Waals surface area contributed by atoms with Crippen molar-refractivity contribution >= 4 is 17.1 Å². The Morgan fingerprint density at radius 3 is 1.27 bits per heavy atom. The molecule has 5 aromatic carbocycles.